The summed E-state index contributed by atoms with van der Waals surface area (Å²) in [6, 6.07) is 10.1. The van der Waals surface area contributed by atoms with Gasteiger partial charge in [-0.3, -0.25) is 4.79 Å². The van der Waals surface area contributed by atoms with E-state index in [0.29, 0.717) is 23.5 Å². The molecule has 140 valence electrons. The number of rotatable bonds is 6. The second-order valence-corrected chi connectivity index (χ2v) is 8.02. The van der Waals surface area contributed by atoms with Crippen molar-refractivity contribution in [3.05, 3.63) is 52.3 Å². The molecule has 3 rings (SSSR count). The van der Waals surface area contributed by atoms with E-state index in [4.69, 9.17) is 11.6 Å². The highest BCUT2D eigenvalue weighted by molar-refractivity contribution is 6.30. The van der Waals surface area contributed by atoms with E-state index in [9.17, 15) is 4.79 Å². The zero-order valence-corrected chi connectivity index (χ0v) is 16.8. The lowest BCUT2D eigenvalue weighted by molar-refractivity contribution is 0.0982. The van der Waals surface area contributed by atoms with Gasteiger partial charge in [0.25, 0.3) is 0 Å². The van der Waals surface area contributed by atoms with Crippen molar-refractivity contribution in [2.45, 2.75) is 58.9 Å². The topological polar surface area (TPSA) is 34.0 Å². The van der Waals surface area contributed by atoms with Crippen LogP contribution in [0.25, 0.3) is 5.69 Å². The average molecular weight is 373 g/mol. The number of Topliss-reactive ketones (excluding diaryl/α,β-unsaturated/α-hetero) is 1. The SMILES string of the molecule is Cc1cc(C(=O)CN[C@@H](C)C2CCCCC2)c(C)n1-c1ccc(Cl)cc1. The summed E-state index contributed by atoms with van der Waals surface area (Å²) < 4.78 is 2.12. The normalized spacial score (nSPS) is 16.6. The number of hydrogen-bond acceptors (Lipinski definition) is 2. The zero-order valence-electron chi connectivity index (χ0n) is 16.0. The van der Waals surface area contributed by atoms with Crippen molar-refractivity contribution < 1.29 is 4.79 Å². The van der Waals surface area contributed by atoms with Crippen LogP contribution >= 0.6 is 11.6 Å². The van der Waals surface area contributed by atoms with Gasteiger partial charge in [-0.15, -0.1) is 0 Å². The molecule has 3 nitrogen and oxygen atoms in total. The minimum absolute atomic E-state index is 0.168. The Kier molecular flexibility index (Phi) is 6.20. The quantitative estimate of drug-likeness (QED) is 0.680. The molecule has 1 aromatic carbocycles. The largest absolute Gasteiger partial charge is 0.318 e. The van der Waals surface area contributed by atoms with Crippen molar-refractivity contribution in [2.75, 3.05) is 6.54 Å². The Bertz CT molecular complexity index is 757. The summed E-state index contributed by atoms with van der Waals surface area (Å²) in [4.78, 5) is 12.8. The minimum atomic E-state index is 0.168. The van der Waals surface area contributed by atoms with E-state index in [1.807, 2.05) is 44.2 Å². The molecule has 0 unspecified atom stereocenters. The fourth-order valence-corrected chi connectivity index (χ4v) is 4.31. The molecule has 0 bridgehead atoms. The Labute approximate surface area is 161 Å². The molecule has 1 heterocycles. The Morgan fingerprint density at radius 2 is 1.85 bits per heavy atom. The van der Waals surface area contributed by atoms with E-state index in [1.54, 1.807) is 0 Å². The van der Waals surface area contributed by atoms with Gasteiger partial charge in [-0.05, 0) is 69.9 Å². The maximum atomic E-state index is 12.8. The van der Waals surface area contributed by atoms with Crippen LogP contribution in [0.2, 0.25) is 5.02 Å². The number of nitrogens with one attached hydrogen (secondary N) is 1. The molecule has 0 spiro atoms. The van der Waals surface area contributed by atoms with Gasteiger partial charge >= 0.3 is 0 Å². The Hall–Kier alpha value is -1.58. The van der Waals surface area contributed by atoms with E-state index in [1.165, 1.54) is 32.1 Å². The third-order valence-electron chi connectivity index (χ3n) is 5.76. The van der Waals surface area contributed by atoms with Crippen LogP contribution in [-0.4, -0.2) is 22.9 Å². The van der Waals surface area contributed by atoms with Gasteiger partial charge in [0.15, 0.2) is 5.78 Å². The molecule has 1 fully saturated rings. The molecule has 26 heavy (non-hydrogen) atoms. The summed E-state index contributed by atoms with van der Waals surface area (Å²) in [6.07, 6.45) is 6.58. The number of carbonyl (C=O) groups is 1. The predicted octanol–water partition coefficient (Wildman–Crippen LogP) is 5.49. The highest BCUT2D eigenvalue weighted by Gasteiger charge is 2.22. The first-order valence-corrected chi connectivity index (χ1v) is 10.1. The molecule has 0 amide bonds. The van der Waals surface area contributed by atoms with Gasteiger partial charge in [0.2, 0.25) is 0 Å². The molecule has 2 aromatic rings. The van der Waals surface area contributed by atoms with Crippen LogP contribution in [0.1, 0.15) is 60.8 Å². The molecule has 1 N–H and O–H groups in total. The predicted molar refractivity (Wildman–Crippen MR) is 109 cm³/mol. The molecule has 0 saturated heterocycles. The highest BCUT2D eigenvalue weighted by atomic mass is 35.5. The van der Waals surface area contributed by atoms with Crippen LogP contribution in [-0.2, 0) is 0 Å². The van der Waals surface area contributed by atoms with Crippen molar-refractivity contribution in [1.82, 2.24) is 9.88 Å². The lowest BCUT2D eigenvalue weighted by atomic mass is 9.84. The Balaban J connectivity index is 1.70. The first kappa shape index (κ1) is 19.2. The number of benzene rings is 1. The molecule has 0 aliphatic heterocycles. The second-order valence-electron chi connectivity index (χ2n) is 7.59. The summed E-state index contributed by atoms with van der Waals surface area (Å²) in [5.74, 6) is 0.874. The van der Waals surface area contributed by atoms with Gasteiger partial charge in [-0.25, -0.2) is 0 Å². The highest BCUT2D eigenvalue weighted by Crippen LogP contribution is 2.26. The van der Waals surface area contributed by atoms with Gasteiger partial charge in [-0.2, -0.15) is 0 Å². The van der Waals surface area contributed by atoms with Crippen LogP contribution in [0.3, 0.4) is 0 Å². The first-order chi connectivity index (χ1) is 12.5. The number of carbonyl (C=O) groups excluding carboxylic acids is 1. The summed E-state index contributed by atoms with van der Waals surface area (Å²) in [6.45, 7) is 6.68. The summed E-state index contributed by atoms with van der Waals surface area (Å²) in [5, 5.41) is 4.19. The third-order valence-corrected chi connectivity index (χ3v) is 6.01. The zero-order chi connectivity index (χ0) is 18.7. The van der Waals surface area contributed by atoms with Crippen LogP contribution in [0.5, 0.6) is 0 Å². The second kappa shape index (κ2) is 8.41. The molecule has 4 heteroatoms. The van der Waals surface area contributed by atoms with Gasteiger partial charge in [0, 0.05) is 33.7 Å². The lowest BCUT2D eigenvalue weighted by Crippen LogP contribution is -2.37. The van der Waals surface area contributed by atoms with Crippen LogP contribution < -0.4 is 5.32 Å². The van der Waals surface area contributed by atoms with Crippen molar-refractivity contribution in [2.24, 2.45) is 5.92 Å². The van der Waals surface area contributed by atoms with E-state index in [-0.39, 0.29) is 5.78 Å². The molecule has 1 atom stereocenters. The number of halogens is 1. The van der Waals surface area contributed by atoms with Crippen molar-refractivity contribution in [3.63, 3.8) is 0 Å². The van der Waals surface area contributed by atoms with Gasteiger partial charge in [0.1, 0.15) is 0 Å². The molecule has 0 radical (unpaired) electrons. The standard InChI is InChI=1S/C22H29ClN2O/c1-15-13-21(17(3)25(15)20-11-9-19(23)10-12-20)22(26)14-24-16(2)18-7-5-4-6-8-18/h9-13,16,18,24H,4-8,14H2,1-3H3/t16-/m0/s1. The summed E-state index contributed by atoms with van der Waals surface area (Å²) in [5.41, 5.74) is 3.89. The third kappa shape index (κ3) is 4.21. The number of aromatic nitrogens is 1. The summed E-state index contributed by atoms with van der Waals surface area (Å²) >= 11 is 6.00. The van der Waals surface area contributed by atoms with E-state index in [0.717, 1.165) is 22.6 Å². The van der Waals surface area contributed by atoms with E-state index < -0.39 is 0 Å². The Morgan fingerprint density at radius 1 is 1.19 bits per heavy atom. The Morgan fingerprint density at radius 3 is 2.50 bits per heavy atom. The van der Waals surface area contributed by atoms with Gasteiger partial charge in [-0.1, -0.05) is 30.9 Å². The maximum Gasteiger partial charge on any atom is 0.178 e. The van der Waals surface area contributed by atoms with Crippen molar-refractivity contribution >= 4 is 17.4 Å². The smallest absolute Gasteiger partial charge is 0.178 e. The fraction of sp³-hybridized carbons (Fsp3) is 0.500. The summed E-state index contributed by atoms with van der Waals surface area (Å²) in [7, 11) is 0. The maximum absolute atomic E-state index is 12.8. The number of ketones is 1. The van der Waals surface area contributed by atoms with Gasteiger partial charge < -0.3 is 9.88 Å². The number of hydrogen-bond donors (Lipinski definition) is 1. The fourth-order valence-electron chi connectivity index (χ4n) is 4.18. The molecule has 1 saturated carbocycles. The molecule has 1 aliphatic rings. The van der Waals surface area contributed by atoms with Crippen molar-refractivity contribution in [1.29, 1.82) is 0 Å². The van der Waals surface area contributed by atoms with Crippen LogP contribution in [0.15, 0.2) is 30.3 Å². The number of nitrogens with zero attached hydrogens (tertiary/aromatic N) is 1. The molecule has 1 aromatic heterocycles. The van der Waals surface area contributed by atoms with E-state index in [2.05, 4.69) is 16.8 Å². The molecular formula is C22H29ClN2O. The van der Waals surface area contributed by atoms with Crippen molar-refractivity contribution in [3.8, 4) is 5.69 Å². The van der Waals surface area contributed by atoms with Gasteiger partial charge in [0.05, 0.1) is 6.54 Å². The molecule has 1 aliphatic carbocycles. The number of aryl methyl sites for hydroxylation is 1. The van der Waals surface area contributed by atoms with Crippen LogP contribution in [0, 0.1) is 19.8 Å². The van der Waals surface area contributed by atoms with Crippen LogP contribution in [0.4, 0.5) is 0 Å². The lowest BCUT2D eigenvalue weighted by Gasteiger charge is -2.28. The minimum Gasteiger partial charge on any atom is -0.318 e. The monoisotopic (exact) mass is 372 g/mol. The first-order valence-electron chi connectivity index (χ1n) is 9.69. The molecular weight excluding hydrogens is 344 g/mol. The average Bonchev–Trinajstić information content (AvgIpc) is 2.95. The van der Waals surface area contributed by atoms with E-state index >= 15 is 0 Å².